The maximum absolute atomic E-state index is 14.3. The molecule has 1 aromatic heterocycles. The van der Waals surface area contributed by atoms with Crippen LogP contribution in [0.25, 0.3) is 16.6 Å². The molecule has 10 heteroatoms. The third-order valence-electron chi connectivity index (χ3n) is 5.92. The van der Waals surface area contributed by atoms with Crippen molar-refractivity contribution in [2.75, 3.05) is 25.6 Å². The Morgan fingerprint density at radius 2 is 1.86 bits per heavy atom. The van der Waals surface area contributed by atoms with Gasteiger partial charge in [0, 0.05) is 24.7 Å². The van der Waals surface area contributed by atoms with E-state index in [2.05, 4.69) is 5.32 Å². The lowest BCUT2D eigenvalue weighted by atomic mass is 10.1. The van der Waals surface area contributed by atoms with Crippen molar-refractivity contribution in [1.82, 2.24) is 14.5 Å². The molecule has 2 amide bonds. The number of carbonyl (C=O) groups excluding carboxylic acids is 1. The van der Waals surface area contributed by atoms with Crippen molar-refractivity contribution in [3.63, 3.8) is 0 Å². The molecule has 0 aliphatic rings. The molecular formula is C27H25ClF2N4O3. The van der Waals surface area contributed by atoms with Crippen LogP contribution in [-0.2, 0) is 4.74 Å². The van der Waals surface area contributed by atoms with Crippen LogP contribution in [0.15, 0.2) is 71.5 Å². The van der Waals surface area contributed by atoms with Gasteiger partial charge in [-0.2, -0.15) is 0 Å². The molecule has 3 aromatic carbocycles. The topological polar surface area (TPSA) is 76.5 Å². The molecular weight excluding hydrogens is 502 g/mol. The highest BCUT2D eigenvalue weighted by molar-refractivity contribution is 6.30. The van der Waals surface area contributed by atoms with Crippen molar-refractivity contribution in [2.45, 2.75) is 19.4 Å². The second-order valence-corrected chi connectivity index (χ2v) is 8.71. The zero-order valence-corrected chi connectivity index (χ0v) is 21.0. The van der Waals surface area contributed by atoms with E-state index in [4.69, 9.17) is 21.3 Å². The fraction of sp³-hybridized carbons (Fsp3) is 0.222. The molecule has 1 atom stereocenters. The Kier molecular flexibility index (Phi) is 8.15. The number of hydrogen-bond donors (Lipinski definition) is 1. The number of nitrogens with zero attached hydrogens (tertiary/aromatic N) is 3. The van der Waals surface area contributed by atoms with Gasteiger partial charge in [0.25, 0.3) is 5.56 Å². The van der Waals surface area contributed by atoms with Gasteiger partial charge >= 0.3 is 6.03 Å². The van der Waals surface area contributed by atoms with Crippen LogP contribution in [0.4, 0.5) is 19.3 Å². The summed E-state index contributed by atoms with van der Waals surface area (Å²) in [4.78, 5) is 33.4. The minimum Gasteiger partial charge on any atom is -0.383 e. The van der Waals surface area contributed by atoms with Crippen LogP contribution in [0.3, 0.4) is 0 Å². The molecule has 0 spiro atoms. The Bertz CT molecular complexity index is 1480. The molecule has 37 heavy (non-hydrogen) atoms. The van der Waals surface area contributed by atoms with Crippen molar-refractivity contribution in [3.05, 3.63) is 99.6 Å². The van der Waals surface area contributed by atoms with Crippen LogP contribution >= 0.6 is 11.6 Å². The Morgan fingerprint density at radius 1 is 1.14 bits per heavy atom. The van der Waals surface area contributed by atoms with Crippen molar-refractivity contribution in [1.29, 1.82) is 0 Å². The molecule has 0 saturated carbocycles. The molecule has 0 bridgehead atoms. The number of para-hydroxylation sites is 1. The fourth-order valence-corrected chi connectivity index (χ4v) is 4.25. The van der Waals surface area contributed by atoms with E-state index >= 15 is 0 Å². The number of aromatic nitrogens is 2. The summed E-state index contributed by atoms with van der Waals surface area (Å²) in [5, 5.41) is 3.42. The quantitative estimate of drug-likeness (QED) is 0.308. The van der Waals surface area contributed by atoms with Crippen LogP contribution in [-0.4, -0.2) is 40.7 Å². The summed E-state index contributed by atoms with van der Waals surface area (Å²) in [7, 11) is 1.49. The Morgan fingerprint density at radius 3 is 2.54 bits per heavy atom. The largest absolute Gasteiger partial charge is 0.383 e. The molecule has 0 saturated heterocycles. The second-order valence-electron chi connectivity index (χ2n) is 8.27. The highest BCUT2D eigenvalue weighted by atomic mass is 35.5. The van der Waals surface area contributed by atoms with Gasteiger partial charge in [0.1, 0.15) is 17.5 Å². The van der Waals surface area contributed by atoms with Gasteiger partial charge in [-0.15, -0.1) is 0 Å². The predicted molar refractivity (Wildman–Crippen MR) is 139 cm³/mol. The molecule has 1 heterocycles. The number of methoxy groups -OCH3 is 1. The van der Waals surface area contributed by atoms with E-state index < -0.39 is 23.7 Å². The summed E-state index contributed by atoms with van der Waals surface area (Å²) in [6.07, 6.45) is 0.376. The van der Waals surface area contributed by atoms with Gasteiger partial charge in [-0.3, -0.25) is 9.36 Å². The average Bonchev–Trinajstić information content (AvgIpc) is 2.89. The molecule has 0 fully saturated rings. The number of carbonyl (C=O) groups is 1. The van der Waals surface area contributed by atoms with Gasteiger partial charge in [0.15, 0.2) is 0 Å². The lowest BCUT2D eigenvalue weighted by Gasteiger charge is -2.32. The SMILES string of the molecule is CCC(c1nc2ccccc2c(=O)n1-c1ccc(Cl)cc1)N(CCOC)C(=O)Nc1ccc(F)cc1F. The van der Waals surface area contributed by atoms with Crippen LogP contribution in [0.2, 0.25) is 5.02 Å². The van der Waals surface area contributed by atoms with Crippen LogP contribution < -0.4 is 10.9 Å². The molecule has 0 aliphatic heterocycles. The number of ether oxygens (including phenoxy) is 1. The average molecular weight is 527 g/mol. The summed E-state index contributed by atoms with van der Waals surface area (Å²) in [6.45, 7) is 2.14. The number of anilines is 1. The van der Waals surface area contributed by atoms with Gasteiger partial charge in [0.05, 0.1) is 34.9 Å². The highest BCUT2D eigenvalue weighted by Gasteiger charge is 2.29. The van der Waals surface area contributed by atoms with Crippen LogP contribution in [0, 0.1) is 11.6 Å². The molecule has 0 aliphatic carbocycles. The number of amides is 2. The van der Waals surface area contributed by atoms with Crippen molar-refractivity contribution in [3.8, 4) is 5.69 Å². The van der Waals surface area contributed by atoms with Gasteiger partial charge < -0.3 is 15.0 Å². The summed E-state index contributed by atoms with van der Waals surface area (Å²) in [5.41, 5.74) is 0.518. The number of nitrogens with one attached hydrogen (secondary N) is 1. The number of benzene rings is 3. The van der Waals surface area contributed by atoms with E-state index in [0.717, 1.165) is 12.1 Å². The summed E-state index contributed by atoms with van der Waals surface area (Å²) in [5.74, 6) is -1.35. The molecule has 192 valence electrons. The molecule has 4 rings (SSSR count). The lowest BCUT2D eigenvalue weighted by Crippen LogP contribution is -2.42. The third-order valence-corrected chi connectivity index (χ3v) is 6.17. The fourth-order valence-electron chi connectivity index (χ4n) is 4.12. The number of halogens is 3. The van der Waals surface area contributed by atoms with Gasteiger partial charge in [-0.05, 0) is 55.0 Å². The smallest absolute Gasteiger partial charge is 0.322 e. The number of rotatable bonds is 8. The standard InChI is InChI=1S/C27H25ClF2N4O3/c1-3-24(33(14-15-37-2)27(36)32-23-13-10-18(29)16-21(23)30)25-31-22-7-5-4-6-20(22)26(35)34(25)19-11-8-17(28)9-12-19/h4-13,16,24H,3,14-15H2,1-2H3,(H,32,36). The molecule has 4 aromatic rings. The Labute approximate surface area is 217 Å². The first-order chi connectivity index (χ1) is 17.8. The van der Waals surface area contributed by atoms with Gasteiger partial charge in [0.2, 0.25) is 0 Å². The third kappa shape index (κ3) is 5.63. The first-order valence-electron chi connectivity index (χ1n) is 11.6. The van der Waals surface area contributed by atoms with E-state index in [-0.39, 0.29) is 24.4 Å². The first-order valence-corrected chi connectivity index (χ1v) is 12.0. The summed E-state index contributed by atoms with van der Waals surface area (Å²) < 4.78 is 34.4. The maximum Gasteiger partial charge on any atom is 0.322 e. The molecule has 1 N–H and O–H groups in total. The zero-order valence-electron chi connectivity index (χ0n) is 20.2. The summed E-state index contributed by atoms with van der Waals surface area (Å²) in [6, 6.07) is 15.2. The molecule has 7 nitrogen and oxygen atoms in total. The Hall–Kier alpha value is -3.82. The molecule has 0 radical (unpaired) electrons. The highest BCUT2D eigenvalue weighted by Crippen LogP contribution is 2.27. The van der Waals surface area contributed by atoms with Gasteiger partial charge in [-0.25, -0.2) is 18.6 Å². The number of urea groups is 1. The van der Waals surface area contributed by atoms with Gasteiger partial charge in [-0.1, -0.05) is 30.7 Å². The maximum atomic E-state index is 14.3. The second kappa shape index (κ2) is 11.5. The predicted octanol–water partition coefficient (Wildman–Crippen LogP) is 5.95. The van der Waals surface area contributed by atoms with Crippen molar-refractivity contribution in [2.24, 2.45) is 0 Å². The molecule has 1 unspecified atom stereocenters. The van der Waals surface area contributed by atoms with Crippen molar-refractivity contribution >= 4 is 34.2 Å². The summed E-state index contributed by atoms with van der Waals surface area (Å²) >= 11 is 6.08. The van der Waals surface area contributed by atoms with E-state index in [0.29, 0.717) is 39.9 Å². The zero-order chi connectivity index (χ0) is 26.5. The van der Waals surface area contributed by atoms with Crippen LogP contribution in [0.1, 0.15) is 25.2 Å². The van der Waals surface area contributed by atoms with E-state index in [1.165, 1.54) is 16.6 Å². The Balaban J connectivity index is 1.86. The normalized spacial score (nSPS) is 11.9. The van der Waals surface area contributed by atoms with E-state index in [9.17, 15) is 18.4 Å². The van der Waals surface area contributed by atoms with E-state index in [1.807, 2.05) is 6.92 Å². The monoisotopic (exact) mass is 526 g/mol. The van der Waals surface area contributed by atoms with E-state index in [1.54, 1.807) is 48.5 Å². The minimum atomic E-state index is -0.907. The first kappa shape index (κ1) is 26.2. The lowest BCUT2D eigenvalue weighted by molar-refractivity contribution is 0.131. The van der Waals surface area contributed by atoms with Crippen LogP contribution in [0.5, 0.6) is 0 Å². The van der Waals surface area contributed by atoms with Crippen molar-refractivity contribution < 1.29 is 18.3 Å². The number of fused-ring (bicyclic) bond motifs is 1. The number of hydrogen-bond acceptors (Lipinski definition) is 4. The minimum absolute atomic E-state index is 0.118.